The van der Waals surface area contributed by atoms with Crippen LogP contribution in [-0.2, 0) is 43.6 Å². The molecular formula is C34H40N6O6. The first-order valence-electron chi connectivity index (χ1n) is 15.4. The largest absolute Gasteiger partial charge is 0.461 e. The molecule has 2 atom stereocenters. The number of cyclic esters (lactones) is 1. The molecular weight excluding hydrogens is 588 g/mol. The second-order valence-corrected chi connectivity index (χ2v) is 11.3. The molecule has 0 saturated carbocycles. The number of anilines is 1. The van der Waals surface area contributed by atoms with Gasteiger partial charge in [0, 0.05) is 45.0 Å². The molecule has 12 nitrogen and oxygen atoms in total. The van der Waals surface area contributed by atoms with Crippen molar-refractivity contribution in [3.8, 4) is 0 Å². The Labute approximate surface area is 268 Å². The van der Waals surface area contributed by atoms with Crippen molar-refractivity contribution >= 4 is 29.7 Å². The van der Waals surface area contributed by atoms with Gasteiger partial charge in [-0.05, 0) is 28.8 Å². The highest BCUT2D eigenvalue weighted by Gasteiger charge is 2.36. The average molecular weight is 629 g/mol. The Hall–Kier alpha value is -4.94. The SMILES string of the molecule is N=C(N)NCc1ccc(N2C[C@@H](CN3CCN(C(CC(=O)OCc4ccccc4)C(=O)OCc4ccccc4)CC3)OC2=O)cc1. The van der Waals surface area contributed by atoms with Crippen LogP contribution in [0.5, 0.6) is 0 Å². The molecule has 5 rings (SSSR count). The smallest absolute Gasteiger partial charge is 0.414 e. The standard InChI is InChI=1S/C34H40N6O6/c35-33(36)37-20-25-11-13-28(14-12-25)40-22-29(46-34(40)43)21-38-15-17-39(18-16-38)30(32(42)45-24-27-9-5-2-6-10-27)19-31(41)44-23-26-7-3-1-4-8-26/h1-14,29-30H,15-24H2,(H4,35,36,37)/t29-,30?/m1/s1. The topological polar surface area (TPSA) is 151 Å². The van der Waals surface area contributed by atoms with Gasteiger partial charge in [0.15, 0.2) is 5.96 Å². The zero-order chi connectivity index (χ0) is 32.3. The molecule has 0 spiro atoms. The minimum Gasteiger partial charge on any atom is -0.461 e. The van der Waals surface area contributed by atoms with Crippen molar-refractivity contribution in [2.45, 2.75) is 38.3 Å². The van der Waals surface area contributed by atoms with Gasteiger partial charge in [-0.1, -0.05) is 72.8 Å². The fourth-order valence-electron chi connectivity index (χ4n) is 5.51. The van der Waals surface area contributed by atoms with E-state index in [9.17, 15) is 14.4 Å². The number of rotatable bonds is 13. The van der Waals surface area contributed by atoms with Gasteiger partial charge in [0.1, 0.15) is 25.4 Å². The Kier molecular flexibility index (Phi) is 11.2. The number of guanidine groups is 1. The highest BCUT2D eigenvalue weighted by Crippen LogP contribution is 2.23. The minimum absolute atomic E-state index is 0.101. The maximum absolute atomic E-state index is 13.3. The van der Waals surface area contributed by atoms with Gasteiger partial charge in [0.25, 0.3) is 0 Å². The van der Waals surface area contributed by atoms with E-state index in [0.717, 1.165) is 22.4 Å². The predicted molar refractivity (Wildman–Crippen MR) is 172 cm³/mol. The van der Waals surface area contributed by atoms with E-state index in [4.69, 9.17) is 25.4 Å². The summed E-state index contributed by atoms with van der Waals surface area (Å²) in [5, 5.41) is 10.1. The van der Waals surface area contributed by atoms with Gasteiger partial charge < -0.3 is 25.3 Å². The molecule has 2 aliphatic rings. The van der Waals surface area contributed by atoms with Crippen molar-refractivity contribution in [3.05, 3.63) is 102 Å². The first-order valence-corrected chi connectivity index (χ1v) is 15.4. The maximum atomic E-state index is 13.3. The molecule has 0 aromatic heterocycles. The lowest BCUT2D eigenvalue weighted by Gasteiger charge is -2.38. The molecule has 1 amide bonds. The van der Waals surface area contributed by atoms with Crippen molar-refractivity contribution < 1.29 is 28.6 Å². The van der Waals surface area contributed by atoms with Gasteiger partial charge in [0.05, 0.1) is 13.0 Å². The van der Waals surface area contributed by atoms with Crippen molar-refractivity contribution in [2.24, 2.45) is 5.73 Å². The number of piperazine rings is 1. The molecule has 0 radical (unpaired) electrons. The average Bonchev–Trinajstić information content (AvgIpc) is 3.45. The summed E-state index contributed by atoms with van der Waals surface area (Å²) in [7, 11) is 0. The summed E-state index contributed by atoms with van der Waals surface area (Å²) in [6.07, 6.45) is -0.814. The number of carbonyl (C=O) groups excluding carboxylic acids is 3. The van der Waals surface area contributed by atoms with Crippen LogP contribution in [0, 0.1) is 5.41 Å². The summed E-state index contributed by atoms with van der Waals surface area (Å²) in [6, 6.07) is 25.5. The van der Waals surface area contributed by atoms with Crippen LogP contribution in [0.4, 0.5) is 10.5 Å². The Morgan fingerprint density at radius 2 is 1.48 bits per heavy atom. The quantitative estimate of drug-likeness (QED) is 0.112. The number of amides is 1. The van der Waals surface area contributed by atoms with Crippen LogP contribution < -0.4 is 16.0 Å². The summed E-state index contributed by atoms with van der Waals surface area (Å²) in [6.45, 7) is 4.00. The molecule has 3 aromatic carbocycles. The number of esters is 2. The summed E-state index contributed by atoms with van der Waals surface area (Å²) >= 11 is 0. The van der Waals surface area contributed by atoms with Crippen molar-refractivity contribution in [1.29, 1.82) is 5.41 Å². The summed E-state index contributed by atoms with van der Waals surface area (Å²) < 4.78 is 16.8. The summed E-state index contributed by atoms with van der Waals surface area (Å²) in [5.74, 6) is -1.03. The number of ether oxygens (including phenoxy) is 3. The second kappa shape index (κ2) is 15.9. The lowest BCUT2D eigenvalue weighted by atomic mass is 10.1. The van der Waals surface area contributed by atoms with E-state index < -0.39 is 24.1 Å². The van der Waals surface area contributed by atoms with Crippen molar-refractivity contribution in [1.82, 2.24) is 15.1 Å². The Balaban J connectivity index is 1.13. The van der Waals surface area contributed by atoms with Gasteiger partial charge in [-0.3, -0.25) is 29.7 Å². The van der Waals surface area contributed by atoms with Gasteiger partial charge in [-0.2, -0.15) is 0 Å². The molecule has 4 N–H and O–H groups in total. The van der Waals surface area contributed by atoms with Crippen LogP contribution >= 0.6 is 0 Å². The van der Waals surface area contributed by atoms with E-state index in [-0.39, 0.29) is 31.7 Å². The number of benzene rings is 3. The maximum Gasteiger partial charge on any atom is 0.414 e. The lowest BCUT2D eigenvalue weighted by Crippen LogP contribution is -2.54. The third-order valence-electron chi connectivity index (χ3n) is 8.01. The van der Waals surface area contributed by atoms with E-state index in [0.29, 0.717) is 45.8 Å². The highest BCUT2D eigenvalue weighted by atomic mass is 16.6. The highest BCUT2D eigenvalue weighted by molar-refractivity contribution is 5.89. The zero-order valence-corrected chi connectivity index (χ0v) is 25.7. The molecule has 2 heterocycles. The molecule has 46 heavy (non-hydrogen) atoms. The molecule has 0 bridgehead atoms. The van der Waals surface area contributed by atoms with Gasteiger partial charge >= 0.3 is 18.0 Å². The first-order chi connectivity index (χ1) is 22.3. The Bertz CT molecular complexity index is 1460. The molecule has 0 aliphatic carbocycles. The number of carbonyl (C=O) groups is 3. The van der Waals surface area contributed by atoms with E-state index in [1.807, 2.05) is 89.8 Å². The van der Waals surface area contributed by atoms with E-state index in [1.54, 1.807) is 4.90 Å². The van der Waals surface area contributed by atoms with Crippen LogP contribution in [0.2, 0.25) is 0 Å². The van der Waals surface area contributed by atoms with Crippen molar-refractivity contribution in [2.75, 3.05) is 44.2 Å². The summed E-state index contributed by atoms with van der Waals surface area (Å²) in [4.78, 5) is 44.6. The van der Waals surface area contributed by atoms with Crippen LogP contribution in [0.3, 0.4) is 0 Å². The lowest BCUT2D eigenvalue weighted by molar-refractivity contribution is -0.159. The zero-order valence-electron chi connectivity index (χ0n) is 25.7. The van der Waals surface area contributed by atoms with Crippen LogP contribution in [0.15, 0.2) is 84.9 Å². The molecule has 2 aliphatic heterocycles. The van der Waals surface area contributed by atoms with Crippen LogP contribution in [-0.4, -0.2) is 85.2 Å². The minimum atomic E-state index is -0.775. The molecule has 3 aromatic rings. The Morgan fingerprint density at radius 1 is 0.870 bits per heavy atom. The van der Waals surface area contributed by atoms with Crippen LogP contribution in [0.25, 0.3) is 0 Å². The third-order valence-corrected chi connectivity index (χ3v) is 8.01. The fourth-order valence-corrected chi connectivity index (χ4v) is 5.51. The van der Waals surface area contributed by atoms with E-state index >= 15 is 0 Å². The van der Waals surface area contributed by atoms with Gasteiger partial charge in [-0.15, -0.1) is 0 Å². The fraction of sp³-hybridized carbons (Fsp3) is 0.353. The van der Waals surface area contributed by atoms with E-state index in [2.05, 4.69) is 10.2 Å². The number of nitrogens with zero attached hydrogens (tertiary/aromatic N) is 3. The number of nitrogens with one attached hydrogen (secondary N) is 2. The Morgan fingerprint density at radius 3 is 2.09 bits per heavy atom. The van der Waals surface area contributed by atoms with Gasteiger partial charge in [-0.25, -0.2) is 4.79 Å². The van der Waals surface area contributed by atoms with Crippen molar-refractivity contribution in [3.63, 3.8) is 0 Å². The van der Waals surface area contributed by atoms with Crippen LogP contribution in [0.1, 0.15) is 23.1 Å². The molecule has 242 valence electrons. The molecule has 12 heteroatoms. The van der Waals surface area contributed by atoms with E-state index in [1.165, 1.54) is 0 Å². The number of hydrogen-bond donors (Lipinski definition) is 3. The molecule has 1 unspecified atom stereocenters. The monoisotopic (exact) mass is 628 g/mol. The number of nitrogens with two attached hydrogens (primary N) is 1. The summed E-state index contributed by atoms with van der Waals surface area (Å²) in [5.41, 5.74) is 8.77. The first kappa shape index (κ1) is 32.5. The number of hydrogen-bond acceptors (Lipinski definition) is 9. The second-order valence-electron chi connectivity index (χ2n) is 11.3. The normalized spacial score (nSPS) is 17.6. The molecule has 2 fully saturated rings. The van der Waals surface area contributed by atoms with Gasteiger partial charge in [0.2, 0.25) is 0 Å². The predicted octanol–water partition coefficient (Wildman–Crippen LogP) is 2.86. The third kappa shape index (κ3) is 9.29. The molecule has 2 saturated heterocycles.